The van der Waals surface area contributed by atoms with Crippen molar-refractivity contribution in [3.8, 4) is 0 Å². The van der Waals surface area contributed by atoms with E-state index in [1.807, 2.05) is 19.1 Å². The fourth-order valence-electron chi connectivity index (χ4n) is 1.66. The van der Waals surface area contributed by atoms with E-state index >= 15 is 0 Å². The zero-order valence-corrected chi connectivity index (χ0v) is 10.2. The lowest BCUT2D eigenvalue weighted by Gasteiger charge is -2.16. The van der Waals surface area contributed by atoms with Crippen LogP contribution in [0.25, 0.3) is 0 Å². The van der Waals surface area contributed by atoms with E-state index in [4.69, 9.17) is 5.84 Å². The molecule has 2 aromatic heterocycles. The number of hydrazine groups is 1. The van der Waals surface area contributed by atoms with Gasteiger partial charge in [-0.3, -0.25) is 15.8 Å². The molecule has 0 aliphatic rings. The van der Waals surface area contributed by atoms with E-state index in [9.17, 15) is 4.39 Å². The van der Waals surface area contributed by atoms with Crippen molar-refractivity contribution in [2.24, 2.45) is 5.84 Å². The molecule has 5 heteroatoms. The van der Waals surface area contributed by atoms with Crippen LogP contribution in [-0.2, 0) is 13.1 Å². The number of hydrogen-bond donors (Lipinski definition) is 1. The Morgan fingerprint density at radius 3 is 2.39 bits per heavy atom. The minimum Gasteiger partial charge on any atom is -0.268 e. The number of aromatic nitrogens is 2. The van der Waals surface area contributed by atoms with Crippen LogP contribution >= 0.6 is 0 Å². The van der Waals surface area contributed by atoms with Gasteiger partial charge in [-0.05, 0) is 30.7 Å². The molecule has 2 N–H and O–H groups in total. The lowest BCUT2D eigenvalue weighted by molar-refractivity contribution is 0.254. The highest BCUT2D eigenvalue weighted by atomic mass is 19.1. The van der Waals surface area contributed by atoms with Crippen LogP contribution in [0.15, 0.2) is 36.7 Å². The van der Waals surface area contributed by atoms with Gasteiger partial charge < -0.3 is 0 Å². The molecule has 0 amide bonds. The predicted octanol–water partition coefficient (Wildman–Crippen LogP) is 1.80. The first-order valence-electron chi connectivity index (χ1n) is 5.66. The third-order valence-electron chi connectivity index (χ3n) is 2.66. The maximum absolute atomic E-state index is 13.4. The summed E-state index contributed by atoms with van der Waals surface area (Å²) in [7, 11) is 0. The SMILES string of the molecule is Cc1cccnc1CN(N)Cc1ncccc1F. The molecule has 94 valence electrons. The van der Waals surface area contributed by atoms with E-state index < -0.39 is 0 Å². The third-order valence-corrected chi connectivity index (χ3v) is 2.66. The molecule has 0 aromatic carbocycles. The first-order valence-corrected chi connectivity index (χ1v) is 5.66. The number of nitrogens with two attached hydrogens (primary N) is 1. The van der Waals surface area contributed by atoms with Gasteiger partial charge in [0, 0.05) is 12.4 Å². The van der Waals surface area contributed by atoms with Crippen LogP contribution in [0.5, 0.6) is 0 Å². The summed E-state index contributed by atoms with van der Waals surface area (Å²) in [5.41, 5.74) is 2.29. The highest BCUT2D eigenvalue weighted by molar-refractivity contribution is 5.17. The zero-order chi connectivity index (χ0) is 13.0. The quantitative estimate of drug-likeness (QED) is 0.660. The number of pyridine rings is 2. The standard InChI is InChI=1S/C13H15FN4/c1-10-4-2-6-16-12(10)8-18(15)9-13-11(14)5-3-7-17-13/h2-7H,8-9,15H2,1H3. The molecular formula is C13H15FN4. The summed E-state index contributed by atoms with van der Waals surface area (Å²) in [6, 6.07) is 6.78. The van der Waals surface area contributed by atoms with Gasteiger partial charge in [0.25, 0.3) is 0 Å². The lowest BCUT2D eigenvalue weighted by Crippen LogP contribution is -2.31. The molecule has 2 heterocycles. The Kier molecular flexibility index (Phi) is 3.96. The Balaban J connectivity index is 2.04. The van der Waals surface area contributed by atoms with Crippen molar-refractivity contribution in [1.29, 1.82) is 0 Å². The van der Waals surface area contributed by atoms with E-state index in [1.54, 1.807) is 18.5 Å². The smallest absolute Gasteiger partial charge is 0.146 e. The summed E-state index contributed by atoms with van der Waals surface area (Å²) in [5, 5.41) is 1.50. The largest absolute Gasteiger partial charge is 0.268 e. The molecule has 0 fully saturated rings. The van der Waals surface area contributed by atoms with Gasteiger partial charge in [-0.1, -0.05) is 6.07 Å². The highest BCUT2D eigenvalue weighted by Crippen LogP contribution is 2.09. The topological polar surface area (TPSA) is 55.0 Å². The molecule has 2 aromatic rings. The number of aryl methyl sites for hydroxylation is 1. The molecule has 0 aliphatic heterocycles. The Morgan fingerprint density at radius 1 is 1.11 bits per heavy atom. The predicted molar refractivity (Wildman–Crippen MR) is 66.6 cm³/mol. The normalized spacial score (nSPS) is 10.9. The van der Waals surface area contributed by atoms with Crippen molar-refractivity contribution in [2.75, 3.05) is 0 Å². The molecule has 0 atom stereocenters. The van der Waals surface area contributed by atoms with E-state index in [0.29, 0.717) is 12.2 Å². The van der Waals surface area contributed by atoms with Crippen molar-refractivity contribution in [1.82, 2.24) is 15.0 Å². The maximum Gasteiger partial charge on any atom is 0.146 e. The molecule has 0 radical (unpaired) electrons. The van der Waals surface area contributed by atoms with Crippen molar-refractivity contribution < 1.29 is 4.39 Å². The lowest BCUT2D eigenvalue weighted by atomic mass is 10.2. The molecule has 0 spiro atoms. The number of nitrogens with zero attached hydrogens (tertiary/aromatic N) is 3. The summed E-state index contributed by atoms with van der Waals surface area (Å²) in [5.74, 6) is 5.52. The fourth-order valence-corrected chi connectivity index (χ4v) is 1.66. The Hall–Kier alpha value is -1.85. The van der Waals surface area contributed by atoms with Crippen LogP contribution in [0, 0.1) is 12.7 Å². The van der Waals surface area contributed by atoms with Crippen molar-refractivity contribution >= 4 is 0 Å². The van der Waals surface area contributed by atoms with Crippen LogP contribution in [0.2, 0.25) is 0 Å². The van der Waals surface area contributed by atoms with Crippen LogP contribution in [-0.4, -0.2) is 15.0 Å². The van der Waals surface area contributed by atoms with Gasteiger partial charge in [-0.2, -0.15) is 0 Å². The van der Waals surface area contributed by atoms with Gasteiger partial charge in [0.15, 0.2) is 0 Å². The summed E-state index contributed by atoms with van der Waals surface area (Å²) in [6.45, 7) is 2.68. The summed E-state index contributed by atoms with van der Waals surface area (Å²) in [4.78, 5) is 8.21. The molecule has 18 heavy (non-hydrogen) atoms. The molecule has 0 saturated heterocycles. The average molecular weight is 246 g/mol. The van der Waals surface area contributed by atoms with Gasteiger partial charge in [0.2, 0.25) is 0 Å². The molecule has 0 unspecified atom stereocenters. The average Bonchev–Trinajstić information content (AvgIpc) is 2.35. The second kappa shape index (κ2) is 5.66. The zero-order valence-electron chi connectivity index (χ0n) is 10.2. The Morgan fingerprint density at radius 2 is 1.72 bits per heavy atom. The highest BCUT2D eigenvalue weighted by Gasteiger charge is 2.09. The fraction of sp³-hybridized carbons (Fsp3) is 0.231. The van der Waals surface area contributed by atoms with Crippen molar-refractivity contribution in [2.45, 2.75) is 20.0 Å². The monoisotopic (exact) mass is 246 g/mol. The number of rotatable bonds is 4. The van der Waals surface area contributed by atoms with Crippen molar-refractivity contribution in [3.05, 3.63) is 59.4 Å². The summed E-state index contributed by atoms with van der Waals surface area (Å²) >= 11 is 0. The second-order valence-electron chi connectivity index (χ2n) is 4.10. The molecule has 2 rings (SSSR count). The van der Waals surface area contributed by atoms with Crippen LogP contribution in [0.4, 0.5) is 4.39 Å². The summed E-state index contributed by atoms with van der Waals surface area (Å²) in [6.07, 6.45) is 3.27. The molecule has 4 nitrogen and oxygen atoms in total. The molecule has 0 saturated carbocycles. The molecule has 0 aliphatic carbocycles. The first-order chi connectivity index (χ1) is 8.66. The first kappa shape index (κ1) is 12.6. The Labute approximate surface area is 105 Å². The minimum atomic E-state index is -0.342. The van der Waals surface area contributed by atoms with E-state index in [2.05, 4.69) is 9.97 Å². The number of hydrogen-bond acceptors (Lipinski definition) is 4. The van der Waals surface area contributed by atoms with Gasteiger partial charge >= 0.3 is 0 Å². The van der Waals surface area contributed by atoms with E-state index in [0.717, 1.165) is 11.3 Å². The molecular weight excluding hydrogens is 231 g/mol. The van der Waals surface area contributed by atoms with Crippen LogP contribution in [0.1, 0.15) is 17.0 Å². The minimum absolute atomic E-state index is 0.253. The third kappa shape index (κ3) is 3.09. The second-order valence-corrected chi connectivity index (χ2v) is 4.10. The molecule has 0 bridgehead atoms. The van der Waals surface area contributed by atoms with E-state index in [1.165, 1.54) is 11.1 Å². The van der Waals surface area contributed by atoms with Gasteiger partial charge in [-0.25, -0.2) is 9.40 Å². The van der Waals surface area contributed by atoms with Gasteiger partial charge in [0.05, 0.1) is 24.5 Å². The van der Waals surface area contributed by atoms with Gasteiger partial charge in [0.1, 0.15) is 5.82 Å². The Bertz CT molecular complexity index is 482. The van der Waals surface area contributed by atoms with Crippen LogP contribution in [0.3, 0.4) is 0 Å². The summed E-state index contributed by atoms with van der Waals surface area (Å²) < 4.78 is 13.4. The van der Waals surface area contributed by atoms with Crippen molar-refractivity contribution in [3.63, 3.8) is 0 Å². The number of halogens is 1. The maximum atomic E-state index is 13.4. The van der Waals surface area contributed by atoms with E-state index in [-0.39, 0.29) is 12.4 Å². The van der Waals surface area contributed by atoms with Gasteiger partial charge in [-0.15, -0.1) is 0 Å². The van der Waals surface area contributed by atoms with Crippen LogP contribution < -0.4 is 5.84 Å².